The highest BCUT2D eigenvalue weighted by Crippen LogP contribution is 2.12. The van der Waals surface area contributed by atoms with E-state index < -0.39 is 28.8 Å². The number of esters is 1. The second-order valence-corrected chi connectivity index (χ2v) is 4.99. The van der Waals surface area contributed by atoms with Crippen molar-refractivity contribution >= 4 is 16.4 Å². The molecule has 0 aromatic carbocycles. The Kier molecular flexibility index (Phi) is 7.12. The first-order chi connectivity index (χ1) is 8.21. The van der Waals surface area contributed by atoms with Crippen LogP contribution in [0.15, 0.2) is 12.2 Å². The summed E-state index contributed by atoms with van der Waals surface area (Å²) >= 11 is 0. The normalized spacial score (nSPS) is 13.4. The molecule has 0 N–H and O–H groups in total. The van der Waals surface area contributed by atoms with E-state index in [1.54, 1.807) is 13.8 Å². The molecule has 1 unspecified atom stereocenters. The molecule has 0 fully saturated rings. The predicted molar refractivity (Wildman–Crippen MR) is 65.8 cm³/mol. The molecule has 7 heteroatoms. The Morgan fingerprint density at radius 2 is 1.72 bits per heavy atom. The molecule has 18 heavy (non-hydrogen) atoms. The van der Waals surface area contributed by atoms with E-state index in [0.29, 0.717) is 12.8 Å². The first kappa shape index (κ1) is 17.1. The lowest BCUT2D eigenvalue weighted by atomic mass is 10.2. The van der Waals surface area contributed by atoms with Gasteiger partial charge in [-0.25, -0.2) is 13.2 Å². The minimum atomic E-state index is -4.18. The molecule has 1 atom stereocenters. The van der Waals surface area contributed by atoms with Crippen molar-refractivity contribution in [2.75, 3.05) is 0 Å². The average molecular weight is 280 g/mol. The highest BCUT2D eigenvalue weighted by atomic mass is 32.3. The Hall–Kier alpha value is -0.920. The van der Waals surface area contributed by atoms with Gasteiger partial charge in [-0.2, -0.15) is 8.42 Å². The minimum absolute atomic E-state index is 0.156. The van der Waals surface area contributed by atoms with Gasteiger partial charge in [-0.3, -0.25) is 0 Å². The van der Waals surface area contributed by atoms with Crippen LogP contribution in [0.1, 0.15) is 40.5 Å². The van der Waals surface area contributed by atoms with Crippen molar-refractivity contribution in [1.29, 1.82) is 0 Å². The zero-order valence-electron chi connectivity index (χ0n) is 11.1. The summed E-state index contributed by atoms with van der Waals surface area (Å²) in [6, 6.07) is 0. The zero-order chi connectivity index (χ0) is 14.3. The zero-order valence-corrected chi connectivity index (χ0v) is 12.0. The fourth-order valence-corrected chi connectivity index (χ4v) is 2.07. The molecular formula is C11H20O6S. The molecule has 0 saturated carbocycles. The van der Waals surface area contributed by atoms with Crippen molar-refractivity contribution in [2.24, 2.45) is 0 Å². The number of rotatable bonds is 8. The van der Waals surface area contributed by atoms with E-state index in [-0.39, 0.29) is 5.57 Å². The van der Waals surface area contributed by atoms with Gasteiger partial charge >= 0.3 is 16.4 Å². The molecule has 0 amide bonds. The van der Waals surface area contributed by atoms with E-state index in [4.69, 9.17) is 4.18 Å². The van der Waals surface area contributed by atoms with E-state index in [1.807, 2.05) is 0 Å². The number of hydrogen-bond acceptors (Lipinski definition) is 6. The average Bonchev–Trinajstić information content (AvgIpc) is 2.24. The number of carbonyl (C=O) groups excluding carboxylic acids is 1. The van der Waals surface area contributed by atoms with Crippen LogP contribution >= 0.6 is 0 Å². The Morgan fingerprint density at radius 1 is 1.22 bits per heavy atom. The van der Waals surface area contributed by atoms with E-state index >= 15 is 0 Å². The van der Waals surface area contributed by atoms with Gasteiger partial charge in [-0.1, -0.05) is 20.4 Å². The fourth-order valence-electron chi connectivity index (χ4n) is 1.05. The van der Waals surface area contributed by atoms with Crippen LogP contribution in [0.3, 0.4) is 0 Å². The molecule has 0 saturated heterocycles. The number of carbonyl (C=O) groups is 1. The Balaban J connectivity index is 4.40. The van der Waals surface area contributed by atoms with Gasteiger partial charge in [0, 0.05) is 5.57 Å². The summed E-state index contributed by atoms with van der Waals surface area (Å²) in [6.45, 7) is 9.70. The SMILES string of the molecule is C=C(C)C(=O)OC(C)OS(=O)(=O)OC(CC)CC. The smallest absolute Gasteiger partial charge is 0.403 e. The summed E-state index contributed by atoms with van der Waals surface area (Å²) in [5.74, 6) is -0.722. The lowest BCUT2D eigenvalue weighted by Crippen LogP contribution is -2.26. The lowest BCUT2D eigenvalue weighted by Gasteiger charge is -2.16. The van der Waals surface area contributed by atoms with Crippen LogP contribution in [0, 0.1) is 0 Å². The summed E-state index contributed by atoms with van der Waals surface area (Å²) in [7, 11) is -4.18. The molecule has 0 aromatic heterocycles. The predicted octanol–water partition coefficient (Wildman–Crippen LogP) is 1.92. The third-order valence-electron chi connectivity index (χ3n) is 2.04. The van der Waals surface area contributed by atoms with Gasteiger partial charge in [0.05, 0.1) is 6.10 Å². The second kappa shape index (κ2) is 7.50. The maximum atomic E-state index is 11.5. The first-order valence-corrected chi connectivity index (χ1v) is 7.03. The fraction of sp³-hybridized carbons (Fsp3) is 0.727. The highest BCUT2D eigenvalue weighted by molar-refractivity contribution is 7.81. The lowest BCUT2D eigenvalue weighted by molar-refractivity contribution is -0.156. The largest absolute Gasteiger partial charge is 0.431 e. The van der Waals surface area contributed by atoms with Crippen molar-refractivity contribution in [1.82, 2.24) is 0 Å². The van der Waals surface area contributed by atoms with Gasteiger partial charge in [-0.05, 0) is 26.7 Å². The molecule has 106 valence electrons. The minimum Gasteiger partial charge on any atom is -0.431 e. The Labute approximate surface area is 108 Å². The molecule has 6 nitrogen and oxygen atoms in total. The summed E-state index contributed by atoms with van der Waals surface area (Å²) in [4.78, 5) is 11.1. The number of ether oxygens (including phenoxy) is 1. The van der Waals surface area contributed by atoms with Crippen molar-refractivity contribution in [3.8, 4) is 0 Å². The van der Waals surface area contributed by atoms with Crippen LogP contribution in [0.25, 0.3) is 0 Å². The summed E-state index contributed by atoms with van der Waals surface area (Å²) in [5, 5.41) is 0. The topological polar surface area (TPSA) is 78.9 Å². The van der Waals surface area contributed by atoms with Crippen LogP contribution in [0.2, 0.25) is 0 Å². The van der Waals surface area contributed by atoms with Gasteiger partial charge in [-0.15, -0.1) is 0 Å². The van der Waals surface area contributed by atoms with Gasteiger partial charge in [0.25, 0.3) is 0 Å². The summed E-state index contributed by atoms with van der Waals surface area (Å²) in [5.41, 5.74) is 0.156. The van der Waals surface area contributed by atoms with Crippen LogP contribution in [0.4, 0.5) is 0 Å². The van der Waals surface area contributed by atoms with Gasteiger partial charge in [0.15, 0.2) is 0 Å². The molecule has 0 heterocycles. The summed E-state index contributed by atoms with van der Waals surface area (Å²) < 4.78 is 36.9. The highest BCUT2D eigenvalue weighted by Gasteiger charge is 2.23. The Morgan fingerprint density at radius 3 is 2.11 bits per heavy atom. The third-order valence-corrected chi connectivity index (χ3v) is 3.05. The van der Waals surface area contributed by atoms with Crippen LogP contribution < -0.4 is 0 Å². The molecule has 0 aliphatic rings. The first-order valence-electron chi connectivity index (χ1n) is 5.69. The molecule has 0 aromatic rings. The van der Waals surface area contributed by atoms with E-state index in [2.05, 4.69) is 15.5 Å². The van der Waals surface area contributed by atoms with Crippen molar-refractivity contribution < 1.29 is 26.3 Å². The maximum Gasteiger partial charge on any atom is 0.403 e. The van der Waals surface area contributed by atoms with Crippen LogP contribution in [-0.4, -0.2) is 26.8 Å². The monoisotopic (exact) mass is 280 g/mol. The molecule has 0 rings (SSSR count). The van der Waals surface area contributed by atoms with Gasteiger partial charge in [0.2, 0.25) is 6.29 Å². The van der Waals surface area contributed by atoms with Gasteiger partial charge in [0.1, 0.15) is 0 Å². The third kappa shape index (κ3) is 6.73. The standard InChI is InChI=1S/C11H20O6S/c1-6-10(7-2)17-18(13,14)16-9(5)15-11(12)8(3)4/h9-10H,3,6-7H2,1-2,4-5H3. The van der Waals surface area contributed by atoms with Crippen LogP contribution in [-0.2, 0) is 28.3 Å². The van der Waals surface area contributed by atoms with E-state index in [9.17, 15) is 13.2 Å². The van der Waals surface area contributed by atoms with Crippen LogP contribution in [0.5, 0.6) is 0 Å². The quantitative estimate of drug-likeness (QED) is 0.384. The van der Waals surface area contributed by atoms with Crippen molar-refractivity contribution in [3.63, 3.8) is 0 Å². The van der Waals surface area contributed by atoms with Crippen molar-refractivity contribution in [2.45, 2.75) is 52.9 Å². The second-order valence-electron chi connectivity index (χ2n) is 3.79. The molecule has 0 bridgehead atoms. The Bertz CT molecular complexity index is 382. The van der Waals surface area contributed by atoms with E-state index in [0.717, 1.165) is 0 Å². The maximum absolute atomic E-state index is 11.5. The molecule has 0 aliphatic heterocycles. The molecule has 0 aliphatic carbocycles. The van der Waals surface area contributed by atoms with Gasteiger partial charge < -0.3 is 4.74 Å². The molecule has 0 spiro atoms. The molecular weight excluding hydrogens is 260 g/mol. The van der Waals surface area contributed by atoms with E-state index in [1.165, 1.54) is 13.8 Å². The summed E-state index contributed by atoms with van der Waals surface area (Å²) in [6.07, 6.45) is -0.620. The number of hydrogen-bond donors (Lipinski definition) is 0. The van der Waals surface area contributed by atoms with Crippen molar-refractivity contribution in [3.05, 3.63) is 12.2 Å². The molecule has 0 radical (unpaired) electrons.